The number of anilines is 1. The predicted octanol–water partition coefficient (Wildman–Crippen LogP) is 2.08. The van der Waals surface area contributed by atoms with Gasteiger partial charge < -0.3 is 20.8 Å². The fourth-order valence-corrected chi connectivity index (χ4v) is 4.17. The van der Waals surface area contributed by atoms with E-state index in [0.29, 0.717) is 10.6 Å². The minimum atomic E-state index is -0.794. The second-order valence-corrected chi connectivity index (χ2v) is 7.05. The molecule has 0 aromatic carbocycles. The number of aryl methyl sites for hydroxylation is 1. The number of hydrogen-bond donors (Lipinski definition) is 3. The van der Waals surface area contributed by atoms with E-state index in [9.17, 15) is 14.4 Å². The van der Waals surface area contributed by atoms with Crippen LogP contribution >= 0.6 is 11.3 Å². The van der Waals surface area contributed by atoms with Crippen LogP contribution in [0.25, 0.3) is 0 Å². The first-order valence-corrected chi connectivity index (χ1v) is 8.88. The highest BCUT2D eigenvalue weighted by atomic mass is 32.1. The Morgan fingerprint density at radius 3 is 2.72 bits per heavy atom. The van der Waals surface area contributed by atoms with Crippen molar-refractivity contribution in [1.29, 1.82) is 0 Å². The van der Waals surface area contributed by atoms with Crippen LogP contribution in [0.2, 0.25) is 0 Å². The Morgan fingerprint density at radius 2 is 2.04 bits per heavy atom. The zero-order valence-corrected chi connectivity index (χ0v) is 14.6. The average molecular weight is 361 g/mol. The second kappa shape index (κ2) is 7.10. The first-order chi connectivity index (χ1) is 12.0. The van der Waals surface area contributed by atoms with Crippen molar-refractivity contribution in [2.24, 2.45) is 5.73 Å². The lowest BCUT2D eigenvalue weighted by Crippen LogP contribution is -2.41. The minimum Gasteiger partial charge on any atom is -0.459 e. The summed E-state index contributed by atoms with van der Waals surface area (Å²) in [5, 5.41) is 5.75. The lowest BCUT2D eigenvalue weighted by molar-refractivity contribution is -0.117. The van der Waals surface area contributed by atoms with Gasteiger partial charge in [0.25, 0.3) is 11.8 Å². The summed E-state index contributed by atoms with van der Waals surface area (Å²) in [4.78, 5) is 37.3. The van der Waals surface area contributed by atoms with Crippen LogP contribution < -0.4 is 16.4 Å². The van der Waals surface area contributed by atoms with Crippen molar-refractivity contribution in [3.63, 3.8) is 0 Å². The summed E-state index contributed by atoms with van der Waals surface area (Å²) in [5.41, 5.74) is 6.86. The average Bonchev–Trinajstić information content (AvgIpc) is 3.21. The fourth-order valence-electron chi connectivity index (χ4n) is 2.88. The van der Waals surface area contributed by atoms with Gasteiger partial charge in [-0.1, -0.05) is 0 Å². The van der Waals surface area contributed by atoms with Gasteiger partial charge in [0.05, 0.1) is 11.8 Å². The van der Waals surface area contributed by atoms with E-state index >= 15 is 0 Å². The van der Waals surface area contributed by atoms with E-state index in [1.165, 1.54) is 23.7 Å². The van der Waals surface area contributed by atoms with Gasteiger partial charge in [-0.05, 0) is 50.3 Å². The van der Waals surface area contributed by atoms with Gasteiger partial charge in [-0.25, -0.2) is 0 Å². The number of hydrogen-bond acceptors (Lipinski definition) is 5. The molecule has 1 aliphatic rings. The Kier molecular flexibility index (Phi) is 4.89. The van der Waals surface area contributed by atoms with E-state index in [1.54, 1.807) is 13.0 Å². The van der Waals surface area contributed by atoms with Crippen molar-refractivity contribution in [1.82, 2.24) is 5.32 Å². The molecule has 0 aliphatic heterocycles. The largest absolute Gasteiger partial charge is 0.459 e. The molecule has 1 atom stereocenters. The highest BCUT2D eigenvalue weighted by Crippen LogP contribution is 2.37. The molecule has 3 rings (SSSR count). The number of nitrogens with two attached hydrogens (primary N) is 1. The molecule has 0 bridgehead atoms. The molecule has 7 nitrogen and oxygen atoms in total. The summed E-state index contributed by atoms with van der Waals surface area (Å²) >= 11 is 1.39. The number of fused-ring (bicyclic) bond motifs is 1. The summed E-state index contributed by atoms with van der Waals surface area (Å²) in [7, 11) is 0. The lowest BCUT2D eigenvalue weighted by Gasteiger charge is -2.13. The Labute approximate surface area is 148 Å². The maximum absolute atomic E-state index is 12.4. The van der Waals surface area contributed by atoms with Crippen LogP contribution in [0.5, 0.6) is 0 Å². The molecule has 0 spiro atoms. The van der Waals surface area contributed by atoms with Crippen molar-refractivity contribution in [2.45, 2.75) is 38.6 Å². The maximum Gasteiger partial charge on any atom is 0.287 e. The SMILES string of the molecule is CC(NC(=O)c1ccco1)C(=O)Nc1sc2c(c1C(N)=O)CCCC2. The Bertz CT molecular complexity index is 810. The van der Waals surface area contributed by atoms with Gasteiger partial charge in [0, 0.05) is 4.88 Å². The molecule has 8 heteroatoms. The molecule has 4 N–H and O–H groups in total. The van der Waals surface area contributed by atoms with Crippen molar-refractivity contribution >= 4 is 34.1 Å². The number of thiophene rings is 1. The number of furan rings is 1. The molecule has 2 aromatic rings. The normalized spacial score (nSPS) is 14.4. The smallest absolute Gasteiger partial charge is 0.287 e. The molecular weight excluding hydrogens is 342 g/mol. The van der Waals surface area contributed by atoms with Gasteiger partial charge in [0.1, 0.15) is 11.0 Å². The van der Waals surface area contributed by atoms with Gasteiger partial charge in [-0.15, -0.1) is 11.3 Å². The van der Waals surface area contributed by atoms with E-state index in [4.69, 9.17) is 10.2 Å². The maximum atomic E-state index is 12.4. The van der Waals surface area contributed by atoms with Crippen molar-refractivity contribution < 1.29 is 18.8 Å². The Hall–Kier alpha value is -2.61. The first-order valence-electron chi connectivity index (χ1n) is 8.07. The molecule has 1 unspecified atom stereocenters. The number of nitrogens with one attached hydrogen (secondary N) is 2. The van der Waals surface area contributed by atoms with Crippen molar-refractivity contribution in [3.05, 3.63) is 40.2 Å². The van der Waals surface area contributed by atoms with Crippen molar-refractivity contribution in [2.75, 3.05) is 5.32 Å². The zero-order valence-electron chi connectivity index (χ0n) is 13.8. The van der Waals surface area contributed by atoms with E-state index in [0.717, 1.165) is 36.1 Å². The van der Waals surface area contributed by atoms with Crippen LogP contribution in [0.3, 0.4) is 0 Å². The Balaban J connectivity index is 1.73. The monoisotopic (exact) mass is 361 g/mol. The Morgan fingerprint density at radius 1 is 1.28 bits per heavy atom. The number of carbonyl (C=O) groups is 3. The topological polar surface area (TPSA) is 114 Å². The number of primary amides is 1. The van der Waals surface area contributed by atoms with Gasteiger partial charge in [-0.3, -0.25) is 14.4 Å². The van der Waals surface area contributed by atoms with Crippen LogP contribution in [0.15, 0.2) is 22.8 Å². The van der Waals surface area contributed by atoms with E-state index in [1.807, 2.05) is 0 Å². The molecule has 132 valence electrons. The van der Waals surface area contributed by atoms with Gasteiger partial charge >= 0.3 is 0 Å². The highest BCUT2D eigenvalue weighted by Gasteiger charge is 2.26. The van der Waals surface area contributed by atoms with E-state index < -0.39 is 23.8 Å². The van der Waals surface area contributed by atoms with Crippen LogP contribution in [-0.4, -0.2) is 23.8 Å². The quantitative estimate of drug-likeness (QED) is 0.756. The van der Waals surface area contributed by atoms with Crippen LogP contribution in [0.1, 0.15) is 51.1 Å². The van der Waals surface area contributed by atoms with Crippen LogP contribution in [-0.2, 0) is 17.6 Å². The highest BCUT2D eigenvalue weighted by molar-refractivity contribution is 7.17. The number of rotatable bonds is 5. The van der Waals surface area contributed by atoms with Crippen LogP contribution in [0.4, 0.5) is 5.00 Å². The first kappa shape index (κ1) is 17.2. The standard InChI is InChI=1S/C17H19N3O4S/c1-9(19-16(23)11-6-4-8-24-11)15(22)20-17-13(14(18)21)10-5-2-3-7-12(10)25-17/h4,6,8-9H,2-3,5,7H2,1H3,(H2,18,21)(H,19,23)(H,20,22). The molecule has 2 heterocycles. The molecule has 25 heavy (non-hydrogen) atoms. The molecule has 1 aliphatic carbocycles. The summed E-state index contributed by atoms with van der Waals surface area (Å²) < 4.78 is 5.00. The third kappa shape index (κ3) is 3.58. The van der Waals surface area contributed by atoms with Crippen LogP contribution in [0, 0.1) is 0 Å². The molecule has 0 saturated carbocycles. The molecule has 2 aromatic heterocycles. The third-order valence-electron chi connectivity index (χ3n) is 4.14. The molecule has 0 saturated heterocycles. The van der Waals surface area contributed by atoms with Crippen molar-refractivity contribution in [3.8, 4) is 0 Å². The van der Waals surface area contributed by atoms with Gasteiger partial charge in [0.15, 0.2) is 5.76 Å². The molecule has 3 amide bonds. The summed E-state index contributed by atoms with van der Waals surface area (Å²) in [6.45, 7) is 1.56. The zero-order chi connectivity index (χ0) is 18.0. The summed E-state index contributed by atoms with van der Waals surface area (Å²) in [5.74, 6) is -1.31. The van der Waals surface area contributed by atoms with Gasteiger partial charge in [0.2, 0.25) is 5.91 Å². The lowest BCUT2D eigenvalue weighted by atomic mass is 9.95. The second-order valence-electron chi connectivity index (χ2n) is 5.94. The minimum absolute atomic E-state index is 0.129. The number of amides is 3. The molecule has 0 radical (unpaired) electrons. The number of carbonyl (C=O) groups excluding carboxylic acids is 3. The van der Waals surface area contributed by atoms with E-state index in [2.05, 4.69) is 10.6 Å². The fraction of sp³-hybridized carbons (Fsp3) is 0.353. The summed E-state index contributed by atoms with van der Waals surface area (Å²) in [6.07, 6.45) is 5.14. The predicted molar refractivity (Wildman–Crippen MR) is 93.7 cm³/mol. The third-order valence-corrected chi connectivity index (χ3v) is 5.35. The molecule has 0 fully saturated rings. The molecular formula is C17H19N3O4S. The van der Waals surface area contributed by atoms with E-state index in [-0.39, 0.29) is 5.76 Å². The summed E-state index contributed by atoms with van der Waals surface area (Å²) in [6, 6.07) is 2.31. The van der Waals surface area contributed by atoms with Gasteiger partial charge in [-0.2, -0.15) is 0 Å².